The minimum atomic E-state index is -0.527. The van der Waals surface area contributed by atoms with Gasteiger partial charge in [-0.25, -0.2) is 0 Å². The molecule has 0 amide bonds. The maximum atomic E-state index is 8.44. The summed E-state index contributed by atoms with van der Waals surface area (Å²) < 4.78 is 55.5. The first-order valence-electron chi connectivity index (χ1n) is 11.8. The van der Waals surface area contributed by atoms with Crippen LogP contribution < -0.4 is 5.46 Å². The van der Waals surface area contributed by atoms with Crippen molar-refractivity contribution in [2.75, 3.05) is 0 Å². The highest BCUT2D eigenvalue weighted by atomic mass is 32.1. The third kappa shape index (κ3) is 2.63. The molecule has 5 rings (SSSR count). The van der Waals surface area contributed by atoms with Crippen LogP contribution in [0.2, 0.25) is 0 Å². The van der Waals surface area contributed by atoms with E-state index < -0.39 is 18.3 Å². The zero-order valence-corrected chi connectivity index (χ0v) is 17.1. The number of hydrogen-bond acceptors (Lipinski definition) is 3. The minimum Gasteiger partial charge on any atom is -0.399 e. The van der Waals surface area contributed by atoms with Crippen molar-refractivity contribution in [3.05, 3.63) is 66.6 Å². The smallest absolute Gasteiger partial charge is 0.399 e. The molecule has 0 aliphatic carbocycles. The fourth-order valence-electron chi connectivity index (χ4n) is 3.62. The van der Waals surface area contributed by atoms with Crippen LogP contribution in [0.4, 0.5) is 0 Å². The van der Waals surface area contributed by atoms with Crippen LogP contribution in [0.3, 0.4) is 0 Å². The van der Waals surface area contributed by atoms with Crippen LogP contribution in [0.5, 0.6) is 0 Å². The molecule has 2 heterocycles. The number of benzene rings is 3. The first-order chi connectivity index (χ1) is 15.4. The van der Waals surface area contributed by atoms with Gasteiger partial charge in [0.1, 0.15) is 0 Å². The molecule has 4 aromatic rings. The Morgan fingerprint density at radius 2 is 1.57 bits per heavy atom. The molecule has 0 atom stereocenters. The fraction of sp³-hybridized carbons (Fsp3) is 0.250. The van der Waals surface area contributed by atoms with Crippen molar-refractivity contribution in [3.63, 3.8) is 0 Å². The lowest BCUT2D eigenvalue weighted by molar-refractivity contribution is 0.00578. The molecule has 0 N–H and O–H groups in total. The van der Waals surface area contributed by atoms with Gasteiger partial charge in [0, 0.05) is 20.2 Å². The molecule has 140 valence electrons. The predicted molar refractivity (Wildman–Crippen MR) is 120 cm³/mol. The summed E-state index contributed by atoms with van der Waals surface area (Å²) in [5, 5.41) is 1.95. The molecule has 1 aliphatic heterocycles. The van der Waals surface area contributed by atoms with E-state index in [9.17, 15) is 0 Å². The van der Waals surface area contributed by atoms with E-state index in [1.165, 1.54) is 0 Å². The summed E-state index contributed by atoms with van der Waals surface area (Å²) in [7, 11) is -0.527. The molecule has 0 radical (unpaired) electrons. The van der Waals surface area contributed by atoms with Gasteiger partial charge in [0.2, 0.25) is 0 Å². The van der Waals surface area contributed by atoms with E-state index >= 15 is 0 Å². The molecule has 2 nitrogen and oxygen atoms in total. The van der Waals surface area contributed by atoms with Crippen molar-refractivity contribution >= 4 is 44.1 Å². The molecule has 4 heteroatoms. The topological polar surface area (TPSA) is 18.5 Å². The lowest BCUT2D eigenvalue weighted by Crippen LogP contribution is -2.41. The van der Waals surface area contributed by atoms with Crippen LogP contribution in [0.1, 0.15) is 34.5 Å². The number of hydrogen-bond donors (Lipinski definition) is 0. The Hall–Kier alpha value is -2.14. The summed E-state index contributed by atoms with van der Waals surface area (Å²) in [4.78, 5) is 0. The first kappa shape index (κ1) is 13.2. The maximum absolute atomic E-state index is 8.44. The Morgan fingerprint density at radius 1 is 0.893 bits per heavy atom. The largest absolute Gasteiger partial charge is 0.495 e. The van der Waals surface area contributed by atoms with E-state index in [0.29, 0.717) is 5.56 Å². The van der Waals surface area contributed by atoms with E-state index in [-0.39, 0.29) is 35.8 Å². The molecule has 1 fully saturated rings. The van der Waals surface area contributed by atoms with Crippen molar-refractivity contribution < 1.29 is 16.2 Å². The average Bonchev–Trinajstić information content (AvgIpc) is 3.25. The molecule has 0 unspecified atom stereocenters. The van der Waals surface area contributed by atoms with E-state index in [4.69, 9.17) is 16.2 Å². The summed E-state index contributed by atoms with van der Waals surface area (Å²) in [5.41, 5.74) is 0.838. The van der Waals surface area contributed by atoms with Gasteiger partial charge in [0.05, 0.1) is 18.1 Å². The minimum absolute atomic E-state index is 0.197. The molecule has 1 aromatic heterocycles. The zero-order chi connectivity index (χ0) is 23.9. The van der Waals surface area contributed by atoms with Gasteiger partial charge in [-0.2, -0.15) is 0 Å². The highest BCUT2D eigenvalue weighted by Crippen LogP contribution is 2.41. The Labute approximate surface area is 177 Å². The van der Waals surface area contributed by atoms with E-state index in [0.717, 1.165) is 25.6 Å². The Bertz CT molecular complexity index is 1400. The van der Waals surface area contributed by atoms with Gasteiger partial charge in [-0.05, 0) is 50.4 Å². The van der Waals surface area contributed by atoms with Crippen LogP contribution in [0, 0.1) is 0 Å². The van der Waals surface area contributed by atoms with Crippen LogP contribution in [0.15, 0.2) is 66.6 Å². The predicted octanol–water partition coefficient (Wildman–Crippen LogP) is 6.02. The standard InChI is InChI=1S/C24H23BO2S/c1-23(2)24(3,4)27-25(26-23)19-14-9-15-20-21(19)18-13-8-12-17(22(18)28-20)16-10-6-5-7-11-16/h5-15H,1-4H3/i5D,6D,7D,10D,11D. The van der Waals surface area contributed by atoms with Crippen LogP contribution in [-0.2, 0) is 9.31 Å². The van der Waals surface area contributed by atoms with E-state index in [1.807, 2.05) is 64.1 Å². The highest BCUT2D eigenvalue weighted by molar-refractivity contribution is 7.26. The summed E-state index contributed by atoms with van der Waals surface area (Å²) in [6.45, 7) is 8.09. The molecule has 3 aromatic carbocycles. The fourth-order valence-corrected chi connectivity index (χ4v) is 4.88. The van der Waals surface area contributed by atoms with Crippen LogP contribution >= 0.6 is 11.3 Å². The van der Waals surface area contributed by atoms with Gasteiger partial charge in [0.25, 0.3) is 0 Å². The van der Waals surface area contributed by atoms with Crippen LogP contribution in [-0.4, -0.2) is 18.3 Å². The summed E-state index contributed by atoms with van der Waals surface area (Å²) in [6.07, 6.45) is 0. The van der Waals surface area contributed by atoms with Gasteiger partial charge in [-0.3, -0.25) is 0 Å². The Kier molecular flexibility index (Phi) is 2.90. The second kappa shape index (κ2) is 6.18. The zero-order valence-electron chi connectivity index (χ0n) is 21.3. The summed E-state index contributed by atoms with van der Waals surface area (Å²) in [6, 6.07) is 10.3. The molecule has 0 bridgehead atoms. The normalized spacial score (nSPS) is 20.7. The molecular weight excluding hydrogens is 363 g/mol. The molecule has 0 spiro atoms. The molecular formula is C24H23BO2S. The lowest BCUT2D eigenvalue weighted by atomic mass is 9.76. The molecule has 28 heavy (non-hydrogen) atoms. The monoisotopic (exact) mass is 391 g/mol. The second-order valence-electron chi connectivity index (χ2n) is 8.09. The third-order valence-electron chi connectivity index (χ3n) is 5.83. The second-order valence-corrected chi connectivity index (χ2v) is 9.15. The Morgan fingerprint density at radius 3 is 2.29 bits per heavy atom. The van der Waals surface area contributed by atoms with Gasteiger partial charge in [-0.1, -0.05) is 60.5 Å². The SMILES string of the molecule is [2H]c1c([2H])c([2H])c(-c2cccc3c2sc2cccc(B4OC(C)(C)C(C)(C)O4)c23)c([2H])c1[2H]. The van der Waals surface area contributed by atoms with Gasteiger partial charge in [0.15, 0.2) is 0 Å². The third-order valence-corrected chi connectivity index (χ3v) is 7.04. The molecule has 0 saturated carbocycles. The van der Waals surface area contributed by atoms with Crippen LogP contribution in [0.25, 0.3) is 31.3 Å². The van der Waals surface area contributed by atoms with Crippen molar-refractivity contribution in [3.8, 4) is 11.1 Å². The van der Waals surface area contributed by atoms with Gasteiger partial charge >= 0.3 is 7.12 Å². The average molecular weight is 391 g/mol. The van der Waals surface area contributed by atoms with E-state index in [2.05, 4.69) is 0 Å². The van der Waals surface area contributed by atoms with Gasteiger partial charge in [-0.15, -0.1) is 11.3 Å². The maximum Gasteiger partial charge on any atom is 0.495 e. The summed E-state index contributed by atoms with van der Waals surface area (Å²) in [5.74, 6) is 0. The first-order valence-corrected chi connectivity index (χ1v) is 10.1. The molecule has 1 aliphatic rings. The summed E-state index contributed by atoms with van der Waals surface area (Å²) >= 11 is 1.54. The van der Waals surface area contributed by atoms with Crippen molar-refractivity contribution in [2.45, 2.75) is 38.9 Å². The van der Waals surface area contributed by atoms with Crippen molar-refractivity contribution in [1.82, 2.24) is 0 Å². The van der Waals surface area contributed by atoms with Gasteiger partial charge < -0.3 is 9.31 Å². The van der Waals surface area contributed by atoms with E-state index in [1.54, 1.807) is 11.3 Å². The highest BCUT2D eigenvalue weighted by Gasteiger charge is 2.52. The number of rotatable bonds is 2. The Balaban J connectivity index is 1.78. The number of thiophene rings is 1. The van der Waals surface area contributed by atoms with Crippen molar-refractivity contribution in [1.29, 1.82) is 0 Å². The lowest BCUT2D eigenvalue weighted by Gasteiger charge is -2.32. The van der Waals surface area contributed by atoms with Crippen molar-refractivity contribution in [2.24, 2.45) is 0 Å². The molecule has 1 saturated heterocycles. The quantitative estimate of drug-likeness (QED) is 0.389. The number of fused-ring (bicyclic) bond motifs is 3.